The normalized spacial score (nSPS) is 21.9. The summed E-state index contributed by atoms with van der Waals surface area (Å²) in [4.78, 5) is 0.399. The highest BCUT2D eigenvalue weighted by Gasteiger charge is 2.34. The first-order valence-electron chi connectivity index (χ1n) is 5.70. The predicted octanol–water partition coefficient (Wildman–Crippen LogP) is 2.54. The molecule has 1 aliphatic rings. The van der Waals surface area contributed by atoms with Crippen molar-refractivity contribution < 1.29 is 8.42 Å². The van der Waals surface area contributed by atoms with Gasteiger partial charge in [0.15, 0.2) is 0 Å². The number of hydrogen-bond acceptors (Lipinski definition) is 2. The van der Waals surface area contributed by atoms with Crippen LogP contribution in [-0.4, -0.2) is 30.6 Å². The van der Waals surface area contributed by atoms with Crippen LogP contribution >= 0.6 is 15.9 Å². The van der Waals surface area contributed by atoms with Gasteiger partial charge < -0.3 is 0 Å². The van der Waals surface area contributed by atoms with E-state index >= 15 is 0 Å². The Morgan fingerprint density at radius 3 is 2.59 bits per heavy atom. The second-order valence-corrected chi connectivity index (χ2v) is 6.92. The molecule has 0 amide bonds. The maximum absolute atomic E-state index is 12.4. The number of rotatable bonds is 3. The van der Waals surface area contributed by atoms with Crippen molar-refractivity contribution in [3.8, 4) is 0 Å². The van der Waals surface area contributed by atoms with Crippen molar-refractivity contribution >= 4 is 26.0 Å². The molecule has 0 aromatic heterocycles. The lowest BCUT2D eigenvalue weighted by atomic mass is 10.2. The second-order valence-electron chi connectivity index (χ2n) is 4.38. The van der Waals surface area contributed by atoms with Crippen LogP contribution in [0.3, 0.4) is 0 Å². The molecule has 1 aromatic carbocycles. The topological polar surface area (TPSA) is 37.4 Å². The smallest absolute Gasteiger partial charge is 0.207 e. The van der Waals surface area contributed by atoms with E-state index in [9.17, 15) is 8.42 Å². The standard InChI is InChI=1S/C12H16BrNO2S/c1-10-4-6-12(7-5-10)17(15,16)14-8-2-3-11(14)9-13/h4-7,11H,2-3,8-9H2,1H3/t11-/m0/s1. The molecule has 1 saturated heterocycles. The van der Waals surface area contributed by atoms with Crippen molar-refractivity contribution in [2.45, 2.75) is 30.7 Å². The Bertz CT molecular complexity index is 484. The zero-order chi connectivity index (χ0) is 12.5. The van der Waals surface area contributed by atoms with Gasteiger partial charge in [0.05, 0.1) is 4.90 Å². The van der Waals surface area contributed by atoms with E-state index in [2.05, 4.69) is 15.9 Å². The number of benzene rings is 1. The van der Waals surface area contributed by atoms with E-state index in [1.165, 1.54) is 0 Å². The maximum atomic E-state index is 12.4. The zero-order valence-corrected chi connectivity index (χ0v) is 12.2. The van der Waals surface area contributed by atoms with E-state index in [0.717, 1.165) is 18.4 Å². The van der Waals surface area contributed by atoms with Crippen LogP contribution in [0.15, 0.2) is 29.2 Å². The lowest BCUT2D eigenvalue weighted by Crippen LogP contribution is -2.36. The molecule has 0 unspecified atom stereocenters. The van der Waals surface area contributed by atoms with Gasteiger partial charge in [0.25, 0.3) is 0 Å². The first-order valence-corrected chi connectivity index (χ1v) is 8.26. The first-order chi connectivity index (χ1) is 8.05. The molecular formula is C12H16BrNO2S. The Kier molecular flexibility index (Phi) is 3.90. The van der Waals surface area contributed by atoms with Crippen LogP contribution in [0.25, 0.3) is 0 Å². The summed E-state index contributed by atoms with van der Waals surface area (Å²) in [6, 6.07) is 7.15. The van der Waals surface area contributed by atoms with Gasteiger partial charge in [-0.2, -0.15) is 4.31 Å². The van der Waals surface area contributed by atoms with Crippen LogP contribution in [0.5, 0.6) is 0 Å². The summed E-state index contributed by atoms with van der Waals surface area (Å²) >= 11 is 3.39. The SMILES string of the molecule is Cc1ccc(S(=O)(=O)N2CCC[C@H]2CBr)cc1. The molecule has 0 N–H and O–H groups in total. The van der Waals surface area contributed by atoms with Gasteiger partial charge in [-0.25, -0.2) is 8.42 Å². The molecule has 1 aromatic rings. The van der Waals surface area contributed by atoms with Crippen LogP contribution in [0, 0.1) is 6.92 Å². The molecule has 17 heavy (non-hydrogen) atoms. The van der Waals surface area contributed by atoms with Crippen LogP contribution in [-0.2, 0) is 10.0 Å². The van der Waals surface area contributed by atoms with Crippen LogP contribution in [0.2, 0.25) is 0 Å². The Labute approximate surface area is 111 Å². The van der Waals surface area contributed by atoms with E-state index in [1.807, 2.05) is 19.1 Å². The van der Waals surface area contributed by atoms with Gasteiger partial charge in [-0.3, -0.25) is 0 Å². The van der Waals surface area contributed by atoms with E-state index in [1.54, 1.807) is 16.4 Å². The molecule has 3 nitrogen and oxygen atoms in total. The van der Waals surface area contributed by atoms with E-state index in [-0.39, 0.29) is 6.04 Å². The summed E-state index contributed by atoms with van der Waals surface area (Å²) in [5, 5.41) is 0.706. The molecule has 1 heterocycles. The number of hydrogen-bond donors (Lipinski definition) is 0. The molecular weight excluding hydrogens is 302 g/mol. The summed E-state index contributed by atoms with van der Waals surface area (Å²) in [7, 11) is -3.31. The summed E-state index contributed by atoms with van der Waals surface area (Å²) in [6.07, 6.45) is 1.89. The van der Waals surface area contributed by atoms with Crippen LogP contribution in [0.1, 0.15) is 18.4 Å². The average molecular weight is 318 g/mol. The molecule has 0 spiro atoms. The molecule has 0 bridgehead atoms. The van der Waals surface area contributed by atoms with Crippen LogP contribution < -0.4 is 0 Å². The number of sulfonamides is 1. The van der Waals surface area contributed by atoms with Crippen LogP contribution in [0.4, 0.5) is 0 Å². The molecule has 1 aliphatic heterocycles. The number of aryl methyl sites for hydroxylation is 1. The van der Waals surface area contributed by atoms with E-state index in [0.29, 0.717) is 16.8 Å². The van der Waals surface area contributed by atoms with Crippen molar-refractivity contribution in [3.63, 3.8) is 0 Å². The molecule has 0 saturated carbocycles. The van der Waals surface area contributed by atoms with Gasteiger partial charge in [0.2, 0.25) is 10.0 Å². The second kappa shape index (κ2) is 5.08. The minimum absolute atomic E-state index is 0.0984. The van der Waals surface area contributed by atoms with Gasteiger partial charge >= 0.3 is 0 Å². The van der Waals surface area contributed by atoms with Gasteiger partial charge in [-0.1, -0.05) is 33.6 Å². The van der Waals surface area contributed by atoms with E-state index < -0.39 is 10.0 Å². The van der Waals surface area contributed by atoms with E-state index in [4.69, 9.17) is 0 Å². The summed E-state index contributed by atoms with van der Waals surface area (Å²) in [5.74, 6) is 0. The average Bonchev–Trinajstić information content (AvgIpc) is 2.78. The van der Waals surface area contributed by atoms with Gasteiger partial charge in [0.1, 0.15) is 0 Å². The molecule has 94 valence electrons. The molecule has 0 aliphatic carbocycles. The molecule has 5 heteroatoms. The number of nitrogens with zero attached hydrogens (tertiary/aromatic N) is 1. The number of halogens is 1. The third kappa shape index (κ3) is 2.56. The fourth-order valence-electron chi connectivity index (χ4n) is 2.13. The minimum atomic E-state index is -3.31. The lowest BCUT2D eigenvalue weighted by molar-refractivity contribution is 0.413. The highest BCUT2D eigenvalue weighted by molar-refractivity contribution is 9.09. The monoisotopic (exact) mass is 317 g/mol. The first kappa shape index (κ1) is 13.1. The Balaban J connectivity index is 2.33. The highest BCUT2D eigenvalue weighted by Crippen LogP contribution is 2.27. The zero-order valence-electron chi connectivity index (χ0n) is 9.77. The molecule has 2 rings (SSSR count). The lowest BCUT2D eigenvalue weighted by Gasteiger charge is -2.22. The molecule has 1 atom stereocenters. The fourth-order valence-corrected chi connectivity index (χ4v) is 4.68. The largest absolute Gasteiger partial charge is 0.243 e. The summed E-state index contributed by atoms with van der Waals surface area (Å²) in [5.41, 5.74) is 1.07. The van der Waals surface area contributed by atoms with Crippen molar-refractivity contribution in [1.29, 1.82) is 0 Å². The summed E-state index contributed by atoms with van der Waals surface area (Å²) in [6.45, 7) is 2.58. The quantitative estimate of drug-likeness (QED) is 0.803. The highest BCUT2D eigenvalue weighted by atomic mass is 79.9. The Morgan fingerprint density at radius 1 is 1.35 bits per heavy atom. The Hall–Kier alpha value is -0.390. The van der Waals surface area contributed by atoms with Gasteiger partial charge in [-0.05, 0) is 31.9 Å². The third-order valence-corrected chi connectivity index (χ3v) is 5.84. The molecule has 0 radical (unpaired) electrons. The minimum Gasteiger partial charge on any atom is -0.207 e. The van der Waals surface area contributed by atoms with Crippen molar-refractivity contribution in [1.82, 2.24) is 4.31 Å². The van der Waals surface area contributed by atoms with Crippen molar-refractivity contribution in [2.24, 2.45) is 0 Å². The predicted molar refractivity (Wildman–Crippen MR) is 71.9 cm³/mol. The van der Waals surface area contributed by atoms with Crippen molar-refractivity contribution in [3.05, 3.63) is 29.8 Å². The molecule has 1 fully saturated rings. The van der Waals surface area contributed by atoms with Gasteiger partial charge in [-0.15, -0.1) is 0 Å². The maximum Gasteiger partial charge on any atom is 0.243 e. The summed E-state index contributed by atoms with van der Waals surface area (Å²) < 4.78 is 26.5. The fraction of sp³-hybridized carbons (Fsp3) is 0.500. The number of alkyl halides is 1. The van der Waals surface area contributed by atoms with Gasteiger partial charge in [0, 0.05) is 17.9 Å². The third-order valence-electron chi connectivity index (χ3n) is 3.13. The Morgan fingerprint density at radius 2 is 2.00 bits per heavy atom. The van der Waals surface area contributed by atoms with Crippen molar-refractivity contribution in [2.75, 3.05) is 11.9 Å².